The molecule has 0 saturated carbocycles. The predicted octanol–water partition coefficient (Wildman–Crippen LogP) is 2.89. The van der Waals surface area contributed by atoms with E-state index < -0.39 is 11.7 Å². The van der Waals surface area contributed by atoms with Gasteiger partial charge in [0.15, 0.2) is 0 Å². The number of aliphatic hydroxyl groups excluding tert-OH is 1. The van der Waals surface area contributed by atoms with Gasteiger partial charge >= 0.3 is 6.09 Å². The number of piperazine rings is 1. The van der Waals surface area contributed by atoms with E-state index in [1.54, 1.807) is 4.90 Å². The van der Waals surface area contributed by atoms with Crippen LogP contribution in [0.5, 0.6) is 0 Å². The van der Waals surface area contributed by atoms with E-state index in [-0.39, 0.29) is 6.09 Å². The molecule has 0 spiro atoms. The molecule has 1 aliphatic rings. The number of anilines is 1. The van der Waals surface area contributed by atoms with E-state index in [0.29, 0.717) is 19.5 Å². The Kier molecular flexibility index (Phi) is 5.70. The van der Waals surface area contributed by atoms with Crippen molar-refractivity contribution in [2.24, 2.45) is 0 Å². The number of rotatable bonds is 3. The molecule has 1 fully saturated rings. The second kappa shape index (κ2) is 7.38. The third-order valence-electron chi connectivity index (χ3n) is 4.11. The van der Waals surface area contributed by atoms with Crippen molar-refractivity contribution in [2.45, 2.75) is 52.7 Å². The van der Waals surface area contributed by atoms with E-state index in [9.17, 15) is 9.90 Å². The van der Waals surface area contributed by atoms with Crippen LogP contribution in [-0.2, 0) is 4.74 Å². The van der Waals surface area contributed by atoms with Gasteiger partial charge in [-0.1, -0.05) is 13.0 Å². The molecule has 1 aliphatic heterocycles. The van der Waals surface area contributed by atoms with E-state index in [1.165, 1.54) is 0 Å². The lowest BCUT2D eigenvalue weighted by Gasteiger charge is -2.36. The van der Waals surface area contributed by atoms with Crippen LogP contribution in [0.1, 0.15) is 51.5 Å². The normalized spacial score (nSPS) is 16.9. The van der Waals surface area contributed by atoms with E-state index in [4.69, 9.17) is 4.74 Å². The number of amides is 1. The van der Waals surface area contributed by atoms with Gasteiger partial charge in [-0.3, -0.25) is 0 Å². The van der Waals surface area contributed by atoms with Gasteiger partial charge in [-0.2, -0.15) is 0 Å². The van der Waals surface area contributed by atoms with Crippen molar-refractivity contribution in [3.63, 3.8) is 0 Å². The first kappa shape index (κ1) is 18.5. The summed E-state index contributed by atoms with van der Waals surface area (Å²) < 4.78 is 5.42. The minimum absolute atomic E-state index is 0.257. The van der Waals surface area contributed by atoms with Crippen LogP contribution in [0.2, 0.25) is 0 Å². The molecule has 1 amide bonds. The number of hydrogen-bond donors (Lipinski definition) is 1. The monoisotopic (exact) mass is 335 g/mol. The third kappa shape index (κ3) is 4.60. The van der Waals surface area contributed by atoms with Crippen LogP contribution < -0.4 is 4.90 Å². The number of aromatic nitrogens is 1. The number of carbonyl (C=O) groups is 1. The predicted molar refractivity (Wildman–Crippen MR) is 94.2 cm³/mol. The average Bonchev–Trinajstić information content (AvgIpc) is 2.52. The van der Waals surface area contributed by atoms with Crippen molar-refractivity contribution in [1.29, 1.82) is 0 Å². The van der Waals surface area contributed by atoms with Crippen LogP contribution in [0.15, 0.2) is 12.1 Å². The maximum absolute atomic E-state index is 12.1. The molecule has 1 aromatic heterocycles. The zero-order valence-electron chi connectivity index (χ0n) is 15.4. The second-order valence-corrected chi connectivity index (χ2v) is 7.22. The standard InChI is InChI=1S/C18H29N3O3/c1-6-15(22)14-7-8-16(19-13(14)2)20-9-11-21(12-10-20)17(23)24-18(3,4)5/h7-8,15,22H,6,9-12H2,1-5H3/t15-/m1/s1. The van der Waals surface area contributed by atoms with E-state index in [0.717, 1.165) is 30.2 Å². The van der Waals surface area contributed by atoms with Crippen molar-refractivity contribution in [3.05, 3.63) is 23.4 Å². The van der Waals surface area contributed by atoms with Gasteiger partial charge in [0.2, 0.25) is 0 Å². The van der Waals surface area contributed by atoms with Crippen molar-refractivity contribution in [1.82, 2.24) is 9.88 Å². The SMILES string of the molecule is CC[C@@H](O)c1ccc(N2CCN(C(=O)OC(C)(C)C)CC2)nc1C. The van der Waals surface area contributed by atoms with Crippen LogP contribution >= 0.6 is 0 Å². The highest BCUT2D eigenvalue weighted by Gasteiger charge is 2.26. The fourth-order valence-electron chi connectivity index (χ4n) is 2.75. The quantitative estimate of drug-likeness (QED) is 0.920. The number of hydrogen-bond acceptors (Lipinski definition) is 5. The van der Waals surface area contributed by atoms with Gasteiger partial charge in [0.25, 0.3) is 0 Å². The number of pyridine rings is 1. The summed E-state index contributed by atoms with van der Waals surface area (Å²) in [6, 6.07) is 3.90. The summed E-state index contributed by atoms with van der Waals surface area (Å²) in [5.74, 6) is 0.892. The molecule has 6 heteroatoms. The lowest BCUT2D eigenvalue weighted by molar-refractivity contribution is 0.0240. The summed E-state index contributed by atoms with van der Waals surface area (Å²) in [5.41, 5.74) is 1.27. The molecule has 0 radical (unpaired) electrons. The van der Waals surface area contributed by atoms with E-state index >= 15 is 0 Å². The molecule has 2 rings (SSSR count). The Labute approximate surface area is 144 Å². The lowest BCUT2D eigenvalue weighted by Crippen LogP contribution is -2.50. The number of nitrogens with zero attached hydrogens (tertiary/aromatic N) is 3. The second-order valence-electron chi connectivity index (χ2n) is 7.22. The molecule has 6 nitrogen and oxygen atoms in total. The van der Waals surface area contributed by atoms with Crippen molar-refractivity contribution >= 4 is 11.9 Å². The van der Waals surface area contributed by atoms with Crippen LogP contribution in [-0.4, -0.2) is 52.9 Å². The molecule has 1 atom stereocenters. The Morgan fingerprint density at radius 2 is 1.92 bits per heavy atom. The summed E-state index contributed by atoms with van der Waals surface area (Å²) in [7, 11) is 0. The molecular formula is C18H29N3O3. The molecular weight excluding hydrogens is 306 g/mol. The Morgan fingerprint density at radius 1 is 1.29 bits per heavy atom. The van der Waals surface area contributed by atoms with Crippen molar-refractivity contribution in [3.8, 4) is 0 Å². The maximum Gasteiger partial charge on any atom is 0.410 e. The van der Waals surface area contributed by atoms with E-state index in [2.05, 4.69) is 9.88 Å². The number of aryl methyl sites for hydroxylation is 1. The Morgan fingerprint density at radius 3 is 2.42 bits per heavy atom. The lowest BCUT2D eigenvalue weighted by atomic mass is 10.1. The highest BCUT2D eigenvalue weighted by atomic mass is 16.6. The Hall–Kier alpha value is -1.82. The minimum atomic E-state index is -0.469. The number of ether oxygens (including phenoxy) is 1. The van der Waals surface area contributed by atoms with Gasteiger partial charge < -0.3 is 19.6 Å². The summed E-state index contributed by atoms with van der Waals surface area (Å²) in [6.45, 7) is 12.2. The minimum Gasteiger partial charge on any atom is -0.444 e. The molecule has 2 heterocycles. The van der Waals surface area contributed by atoms with Crippen LogP contribution in [0.3, 0.4) is 0 Å². The van der Waals surface area contributed by atoms with Crippen molar-refractivity contribution in [2.75, 3.05) is 31.1 Å². The zero-order valence-corrected chi connectivity index (χ0v) is 15.4. The first-order valence-electron chi connectivity index (χ1n) is 8.59. The number of aliphatic hydroxyl groups is 1. The third-order valence-corrected chi connectivity index (χ3v) is 4.11. The summed E-state index contributed by atoms with van der Waals surface area (Å²) in [5, 5.41) is 9.99. The molecule has 0 unspecified atom stereocenters. The summed E-state index contributed by atoms with van der Waals surface area (Å²) in [6.07, 6.45) is -0.0422. The first-order valence-corrected chi connectivity index (χ1v) is 8.59. The highest BCUT2D eigenvalue weighted by Crippen LogP contribution is 2.23. The van der Waals surface area contributed by atoms with Gasteiger partial charge in [-0.15, -0.1) is 0 Å². The Balaban J connectivity index is 1.97. The summed E-state index contributed by atoms with van der Waals surface area (Å²) in [4.78, 5) is 20.6. The largest absolute Gasteiger partial charge is 0.444 e. The van der Waals surface area contributed by atoms with Gasteiger partial charge in [0, 0.05) is 37.4 Å². The Bertz CT molecular complexity index is 575. The molecule has 0 bridgehead atoms. The molecule has 1 aromatic rings. The molecule has 1 N–H and O–H groups in total. The maximum atomic E-state index is 12.1. The topological polar surface area (TPSA) is 65.9 Å². The fourth-order valence-corrected chi connectivity index (χ4v) is 2.75. The van der Waals surface area contributed by atoms with Gasteiger partial charge in [0.05, 0.1) is 6.10 Å². The molecule has 1 saturated heterocycles. The van der Waals surface area contributed by atoms with Gasteiger partial charge in [-0.05, 0) is 40.2 Å². The van der Waals surface area contributed by atoms with Gasteiger partial charge in [0.1, 0.15) is 11.4 Å². The smallest absolute Gasteiger partial charge is 0.410 e. The van der Waals surface area contributed by atoms with Crippen LogP contribution in [0.25, 0.3) is 0 Å². The summed E-state index contributed by atoms with van der Waals surface area (Å²) >= 11 is 0. The van der Waals surface area contributed by atoms with Gasteiger partial charge in [-0.25, -0.2) is 9.78 Å². The van der Waals surface area contributed by atoms with Crippen LogP contribution in [0.4, 0.5) is 10.6 Å². The van der Waals surface area contributed by atoms with Crippen molar-refractivity contribution < 1.29 is 14.6 Å². The number of carbonyl (C=O) groups excluding carboxylic acids is 1. The molecule has 134 valence electrons. The first-order chi connectivity index (χ1) is 11.2. The molecule has 0 aromatic carbocycles. The molecule has 0 aliphatic carbocycles. The zero-order chi connectivity index (χ0) is 17.9. The average molecular weight is 335 g/mol. The molecule has 24 heavy (non-hydrogen) atoms. The fraction of sp³-hybridized carbons (Fsp3) is 0.667. The van der Waals surface area contributed by atoms with E-state index in [1.807, 2.05) is 46.8 Å². The highest BCUT2D eigenvalue weighted by molar-refractivity contribution is 5.68. The van der Waals surface area contributed by atoms with Crippen LogP contribution in [0, 0.1) is 6.92 Å².